The second kappa shape index (κ2) is 5.54. The molecule has 0 unspecified atom stereocenters. The summed E-state index contributed by atoms with van der Waals surface area (Å²) in [5.74, 6) is -0.781. The largest absolute Gasteiger partial charge is 0.392 e. The Kier molecular flexibility index (Phi) is 4.19. The molecule has 1 N–H and O–H groups in total. The third kappa shape index (κ3) is 2.94. The Morgan fingerprint density at radius 2 is 1.89 bits per heavy atom. The molecule has 7 heteroatoms. The number of hydrogen-bond donors (Lipinski definition) is 1. The lowest BCUT2D eigenvalue weighted by atomic mass is 10.2. The molecular weight excluding hydrogens is 271 g/mol. The summed E-state index contributed by atoms with van der Waals surface area (Å²) in [6.07, 6.45) is 0. The minimum Gasteiger partial charge on any atom is -0.392 e. The molecule has 106 valence electrons. The van der Waals surface area contributed by atoms with Crippen LogP contribution in [-0.4, -0.2) is 56.0 Å². The maximum Gasteiger partial charge on any atom is 0.246 e. The van der Waals surface area contributed by atoms with Gasteiger partial charge in [-0.15, -0.1) is 0 Å². The van der Waals surface area contributed by atoms with E-state index < -0.39 is 15.8 Å². The van der Waals surface area contributed by atoms with Gasteiger partial charge in [0.2, 0.25) is 10.0 Å². The van der Waals surface area contributed by atoms with Crippen LogP contribution in [0.5, 0.6) is 0 Å². The summed E-state index contributed by atoms with van der Waals surface area (Å²) in [4.78, 5) is 1.66. The number of halogens is 1. The van der Waals surface area contributed by atoms with E-state index in [-0.39, 0.29) is 11.5 Å². The van der Waals surface area contributed by atoms with Crippen LogP contribution >= 0.6 is 0 Å². The molecule has 1 heterocycles. The van der Waals surface area contributed by atoms with E-state index in [0.717, 1.165) is 6.07 Å². The Morgan fingerprint density at radius 3 is 2.47 bits per heavy atom. The number of aliphatic hydroxyl groups is 1. The van der Waals surface area contributed by atoms with Crippen LogP contribution in [0.25, 0.3) is 0 Å². The zero-order valence-electron chi connectivity index (χ0n) is 10.7. The Hall–Kier alpha value is -1.02. The third-order valence-electron chi connectivity index (χ3n) is 3.26. The van der Waals surface area contributed by atoms with Crippen molar-refractivity contribution >= 4 is 10.0 Å². The molecule has 0 atom stereocenters. The molecule has 0 radical (unpaired) electrons. The van der Waals surface area contributed by atoms with Gasteiger partial charge in [0.15, 0.2) is 0 Å². The normalized spacial score (nSPS) is 18.7. The first-order valence-corrected chi connectivity index (χ1v) is 7.47. The molecule has 1 aromatic carbocycles. The van der Waals surface area contributed by atoms with Crippen molar-refractivity contribution in [3.8, 4) is 0 Å². The van der Waals surface area contributed by atoms with Crippen LogP contribution < -0.4 is 0 Å². The van der Waals surface area contributed by atoms with Gasteiger partial charge in [0.25, 0.3) is 0 Å². The van der Waals surface area contributed by atoms with Crippen LogP contribution in [0.15, 0.2) is 23.1 Å². The minimum absolute atomic E-state index is 0.314. The molecule has 0 spiro atoms. The van der Waals surface area contributed by atoms with Crippen LogP contribution in [0.1, 0.15) is 5.56 Å². The second-order valence-electron chi connectivity index (χ2n) is 4.63. The van der Waals surface area contributed by atoms with E-state index in [0.29, 0.717) is 31.7 Å². The highest BCUT2D eigenvalue weighted by molar-refractivity contribution is 7.89. The zero-order valence-corrected chi connectivity index (χ0v) is 11.5. The van der Waals surface area contributed by atoms with Gasteiger partial charge < -0.3 is 10.0 Å². The van der Waals surface area contributed by atoms with Crippen LogP contribution in [0.3, 0.4) is 0 Å². The van der Waals surface area contributed by atoms with Gasteiger partial charge in [0.05, 0.1) is 6.61 Å². The van der Waals surface area contributed by atoms with Crippen LogP contribution in [0, 0.1) is 5.82 Å². The molecule has 0 aliphatic carbocycles. The molecule has 1 saturated heterocycles. The van der Waals surface area contributed by atoms with Gasteiger partial charge in [0.1, 0.15) is 10.7 Å². The summed E-state index contributed by atoms with van der Waals surface area (Å²) in [5, 5.41) is 9.03. The molecule has 2 rings (SSSR count). The molecule has 1 fully saturated rings. The van der Waals surface area contributed by atoms with E-state index in [2.05, 4.69) is 0 Å². The standard InChI is InChI=1S/C12H17FN2O3S/c1-14-4-6-15(7-5-14)19(17,18)12-8-10(9-16)2-3-11(12)13/h2-3,8,16H,4-7,9H2,1H3. The average molecular weight is 288 g/mol. The molecule has 1 aliphatic rings. The van der Waals surface area contributed by atoms with Crippen molar-refractivity contribution in [2.75, 3.05) is 33.2 Å². The van der Waals surface area contributed by atoms with Gasteiger partial charge in [-0.2, -0.15) is 4.31 Å². The van der Waals surface area contributed by atoms with Crippen molar-refractivity contribution in [3.05, 3.63) is 29.6 Å². The second-order valence-corrected chi connectivity index (χ2v) is 6.54. The lowest BCUT2D eigenvalue weighted by Gasteiger charge is -2.31. The van der Waals surface area contributed by atoms with Crippen molar-refractivity contribution in [1.82, 2.24) is 9.21 Å². The number of nitrogens with zero attached hydrogens (tertiary/aromatic N) is 2. The molecule has 0 bridgehead atoms. The first kappa shape index (κ1) is 14.4. The predicted octanol–water partition coefficient (Wildman–Crippen LogP) is 0.254. The van der Waals surface area contributed by atoms with Crippen molar-refractivity contribution in [1.29, 1.82) is 0 Å². The third-order valence-corrected chi connectivity index (χ3v) is 5.17. The van der Waals surface area contributed by atoms with Crippen LogP contribution in [0.4, 0.5) is 4.39 Å². The van der Waals surface area contributed by atoms with Crippen molar-refractivity contribution in [3.63, 3.8) is 0 Å². The monoisotopic (exact) mass is 288 g/mol. The van der Waals surface area contributed by atoms with Crippen molar-refractivity contribution in [2.45, 2.75) is 11.5 Å². The van der Waals surface area contributed by atoms with Crippen LogP contribution in [-0.2, 0) is 16.6 Å². The first-order valence-electron chi connectivity index (χ1n) is 6.03. The van der Waals surface area contributed by atoms with Gasteiger partial charge in [-0.25, -0.2) is 12.8 Å². The number of benzene rings is 1. The predicted molar refractivity (Wildman–Crippen MR) is 68.6 cm³/mol. The zero-order chi connectivity index (χ0) is 14.0. The number of rotatable bonds is 3. The number of hydrogen-bond acceptors (Lipinski definition) is 4. The number of likely N-dealkylation sites (N-methyl/N-ethyl adjacent to an activating group) is 1. The summed E-state index contributed by atoms with van der Waals surface area (Å²) in [7, 11) is -1.91. The van der Waals surface area contributed by atoms with Gasteiger partial charge in [-0.1, -0.05) is 6.07 Å². The van der Waals surface area contributed by atoms with E-state index >= 15 is 0 Å². The highest BCUT2D eigenvalue weighted by atomic mass is 32.2. The van der Waals surface area contributed by atoms with Gasteiger partial charge in [-0.05, 0) is 24.7 Å². The van der Waals surface area contributed by atoms with Crippen LogP contribution in [0.2, 0.25) is 0 Å². The van der Waals surface area contributed by atoms with E-state index in [1.807, 2.05) is 11.9 Å². The Balaban J connectivity index is 2.34. The SMILES string of the molecule is CN1CCN(S(=O)(=O)c2cc(CO)ccc2F)CC1. The maximum atomic E-state index is 13.7. The summed E-state index contributed by atoms with van der Waals surface area (Å²) < 4.78 is 39.8. The van der Waals surface area contributed by atoms with E-state index in [4.69, 9.17) is 5.11 Å². The summed E-state index contributed by atoms with van der Waals surface area (Å²) in [5.41, 5.74) is 0.383. The quantitative estimate of drug-likeness (QED) is 0.866. The topological polar surface area (TPSA) is 60.9 Å². The molecular formula is C12H17FN2O3S. The van der Waals surface area contributed by atoms with E-state index in [1.54, 1.807) is 0 Å². The highest BCUT2D eigenvalue weighted by Crippen LogP contribution is 2.21. The average Bonchev–Trinajstić information content (AvgIpc) is 2.39. The molecule has 1 aliphatic heterocycles. The first-order chi connectivity index (χ1) is 8.95. The summed E-state index contributed by atoms with van der Waals surface area (Å²) in [6.45, 7) is 1.63. The van der Waals surface area contributed by atoms with Gasteiger partial charge in [0, 0.05) is 26.2 Å². The number of sulfonamides is 1. The molecule has 5 nitrogen and oxygen atoms in total. The maximum absolute atomic E-state index is 13.7. The van der Waals surface area contributed by atoms with E-state index in [9.17, 15) is 12.8 Å². The molecule has 1 aromatic rings. The van der Waals surface area contributed by atoms with Gasteiger partial charge in [-0.3, -0.25) is 0 Å². The molecule has 0 saturated carbocycles. The minimum atomic E-state index is -3.83. The van der Waals surface area contributed by atoms with E-state index in [1.165, 1.54) is 16.4 Å². The Morgan fingerprint density at radius 1 is 1.26 bits per heavy atom. The summed E-state index contributed by atoms with van der Waals surface area (Å²) >= 11 is 0. The molecule has 0 amide bonds. The fourth-order valence-electron chi connectivity index (χ4n) is 2.01. The van der Waals surface area contributed by atoms with Crippen molar-refractivity contribution in [2.24, 2.45) is 0 Å². The lowest BCUT2D eigenvalue weighted by Crippen LogP contribution is -2.47. The van der Waals surface area contributed by atoms with Gasteiger partial charge >= 0.3 is 0 Å². The Labute approximate surface area is 112 Å². The smallest absolute Gasteiger partial charge is 0.246 e. The number of piperazine rings is 1. The highest BCUT2D eigenvalue weighted by Gasteiger charge is 2.29. The van der Waals surface area contributed by atoms with Crippen molar-refractivity contribution < 1.29 is 17.9 Å². The molecule has 0 aromatic heterocycles. The molecule has 19 heavy (non-hydrogen) atoms. The number of aliphatic hydroxyl groups excluding tert-OH is 1. The lowest BCUT2D eigenvalue weighted by molar-refractivity contribution is 0.222. The summed E-state index contributed by atoms with van der Waals surface area (Å²) in [6, 6.07) is 3.65. The fourth-order valence-corrected chi connectivity index (χ4v) is 3.55. The fraction of sp³-hybridized carbons (Fsp3) is 0.500. The Bertz CT molecular complexity index is 554.